The minimum Gasteiger partial charge on any atom is -0.494 e. The van der Waals surface area contributed by atoms with Gasteiger partial charge >= 0.3 is 0 Å². The zero-order chi connectivity index (χ0) is 14.8. The number of methoxy groups -OCH3 is 1. The van der Waals surface area contributed by atoms with Crippen LogP contribution < -0.4 is 20.8 Å². The minimum atomic E-state index is -0.318. The van der Waals surface area contributed by atoms with Crippen molar-refractivity contribution in [1.29, 1.82) is 0 Å². The van der Waals surface area contributed by atoms with Crippen molar-refractivity contribution in [2.24, 2.45) is 0 Å². The summed E-state index contributed by atoms with van der Waals surface area (Å²) in [5.74, 6) is 1.54. The van der Waals surface area contributed by atoms with Gasteiger partial charge in [0.2, 0.25) is 0 Å². The number of hydrogen-bond donors (Lipinski definition) is 2. The van der Waals surface area contributed by atoms with Crippen LogP contribution in [0.15, 0.2) is 41.5 Å². The number of nitrogens with two attached hydrogens (primary N) is 1. The Morgan fingerprint density at radius 2 is 2.00 bits per heavy atom. The quantitative estimate of drug-likeness (QED) is 0.716. The molecule has 0 unspecified atom stereocenters. The van der Waals surface area contributed by atoms with Crippen LogP contribution in [-0.4, -0.2) is 22.1 Å². The summed E-state index contributed by atoms with van der Waals surface area (Å²) in [6, 6.07) is 6.74. The highest BCUT2D eigenvalue weighted by molar-refractivity contribution is 5.85. The smallest absolute Gasteiger partial charge is 0.268 e. The van der Waals surface area contributed by atoms with E-state index in [9.17, 15) is 4.79 Å². The zero-order valence-corrected chi connectivity index (χ0v) is 12.4. The van der Waals surface area contributed by atoms with E-state index in [4.69, 9.17) is 15.2 Å². The topological polar surface area (TPSA) is 103 Å². The fourth-order valence-corrected chi connectivity index (χ4v) is 1.89. The predicted molar refractivity (Wildman–Crippen MR) is 84.9 cm³/mol. The molecule has 3 N–H and O–H groups in total. The largest absolute Gasteiger partial charge is 0.494 e. The molecule has 22 heavy (non-hydrogen) atoms. The normalized spacial score (nSPS) is 10.0. The van der Waals surface area contributed by atoms with Crippen molar-refractivity contribution >= 4 is 29.3 Å². The molecule has 8 heteroatoms. The van der Waals surface area contributed by atoms with Crippen LogP contribution in [0.25, 0.3) is 11.2 Å². The van der Waals surface area contributed by atoms with Crippen LogP contribution in [0.4, 0.5) is 5.69 Å². The Kier molecular flexibility index (Phi) is 4.47. The molecular formula is C14H13ClN4O3. The van der Waals surface area contributed by atoms with Gasteiger partial charge in [-0.3, -0.25) is 4.79 Å². The molecule has 3 aromatic rings. The highest BCUT2D eigenvalue weighted by Gasteiger charge is 2.08. The number of benzene rings is 1. The molecular weight excluding hydrogens is 308 g/mol. The second kappa shape index (κ2) is 6.31. The van der Waals surface area contributed by atoms with E-state index in [0.29, 0.717) is 34.1 Å². The number of ether oxygens (including phenoxy) is 2. The van der Waals surface area contributed by atoms with Gasteiger partial charge in [0.05, 0.1) is 19.0 Å². The summed E-state index contributed by atoms with van der Waals surface area (Å²) in [5, 5.41) is 0. The van der Waals surface area contributed by atoms with Crippen LogP contribution in [0.3, 0.4) is 0 Å². The van der Waals surface area contributed by atoms with Crippen molar-refractivity contribution in [3.8, 4) is 17.2 Å². The third kappa shape index (κ3) is 2.94. The Bertz CT molecular complexity index is 866. The summed E-state index contributed by atoms with van der Waals surface area (Å²) in [7, 11) is 1.53. The molecule has 0 aliphatic rings. The van der Waals surface area contributed by atoms with Gasteiger partial charge in [0, 0.05) is 18.3 Å². The number of H-pyrrole nitrogens is 1. The Hall–Kier alpha value is -2.80. The summed E-state index contributed by atoms with van der Waals surface area (Å²) in [6.45, 7) is 0. The third-order valence-electron chi connectivity index (χ3n) is 2.87. The third-order valence-corrected chi connectivity index (χ3v) is 2.87. The summed E-state index contributed by atoms with van der Waals surface area (Å²) in [5.41, 5.74) is 6.79. The van der Waals surface area contributed by atoms with Crippen molar-refractivity contribution in [2.45, 2.75) is 0 Å². The molecule has 0 aliphatic heterocycles. The van der Waals surface area contributed by atoms with Gasteiger partial charge in [-0.15, -0.1) is 12.4 Å². The molecule has 3 rings (SSSR count). The average molecular weight is 321 g/mol. The highest BCUT2D eigenvalue weighted by Crippen LogP contribution is 2.31. The van der Waals surface area contributed by atoms with Crippen molar-refractivity contribution in [2.75, 3.05) is 12.8 Å². The zero-order valence-electron chi connectivity index (χ0n) is 11.6. The predicted octanol–water partition coefficient (Wildman–Crippen LogP) is 2.12. The first-order valence-corrected chi connectivity index (χ1v) is 6.13. The first kappa shape index (κ1) is 15.6. The Balaban J connectivity index is 0.00000176. The number of nitrogens with zero attached hydrogens (tertiary/aromatic N) is 2. The number of rotatable bonds is 3. The average Bonchev–Trinajstić information content (AvgIpc) is 2.49. The molecule has 0 fully saturated rings. The van der Waals surface area contributed by atoms with Crippen LogP contribution in [0.1, 0.15) is 0 Å². The SMILES string of the molecule is COc1cc(Oc2ccnc3[nH]c(=O)cnc23)ccc1N.Cl. The number of aromatic amines is 1. The van der Waals surface area contributed by atoms with E-state index >= 15 is 0 Å². The van der Waals surface area contributed by atoms with Gasteiger partial charge in [0.1, 0.15) is 17.0 Å². The molecule has 0 spiro atoms. The van der Waals surface area contributed by atoms with Crippen LogP contribution in [0.5, 0.6) is 17.2 Å². The first-order valence-electron chi connectivity index (χ1n) is 6.13. The van der Waals surface area contributed by atoms with Crippen LogP contribution in [0.2, 0.25) is 0 Å². The monoisotopic (exact) mass is 320 g/mol. The van der Waals surface area contributed by atoms with E-state index in [1.807, 2.05) is 0 Å². The Morgan fingerprint density at radius 1 is 1.18 bits per heavy atom. The molecule has 2 heterocycles. The second-order valence-electron chi connectivity index (χ2n) is 4.26. The molecule has 0 radical (unpaired) electrons. The summed E-state index contributed by atoms with van der Waals surface area (Å²) in [6.07, 6.45) is 2.71. The van der Waals surface area contributed by atoms with Crippen molar-refractivity contribution in [1.82, 2.24) is 15.0 Å². The summed E-state index contributed by atoms with van der Waals surface area (Å²) in [4.78, 5) is 21.9. The van der Waals surface area contributed by atoms with Crippen molar-refractivity contribution in [3.05, 3.63) is 47.0 Å². The Labute approximate surface area is 131 Å². The molecule has 2 aromatic heterocycles. The van der Waals surface area contributed by atoms with Gasteiger partial charge in [0.25, 0.3) is 5.56 Å². The maximum atomic E-state index is 11.2. The van der Waals surface area contributed by atoms with Gasteiger partial charge in [-0.05, 0) is 12.1 Å². The maximum Gasteiger partial charge on any atom is 0.268 e. The van der Waals surface area contributed by atoms with E-state index in [0.717, 1.165) is 0 Å². The number of nitrogen functional groups attached to an aromatic ring is 1. The molecule has 0 atom stereocenters. The van der Waals surface area contributed by atoms with Gasteiger partial charge in [-0.2, -0.15) is 0 Å². The van der Waals surface area contributed by atoms with Crippen LogP contribution in [0, 0.1) is 0 Å². The van der Waals surface area contributed by atoms with Gasteiger partial charge < -0.3 is 20.2 Å². The van der Waals surface area contributed by atoms with Crippen molar-refractivity contribution in [3.63, 3.8) is 0 Å². The first-order chi connectivity index (χ1) is 10.2. The number of halogens is 1. The number of aromatic nitrogens is 3. The molecule has 0 saturated heterocycles. The molecule has 0 saturated carbocycles. The van der Waals surface area contributed by atoms with E-state index in [1.165, 1.54) is 19.5 Å². The maximum absolute atomic E-state index is 11.2. The Morgan fingerprint density at radius 3 is 2.77 bits per heavy atom. The highest BCUT2D eigenvalue weighted by atomic mass is 35.5. The van der Waals surface area contributed by atoms with Crippen molar-refractivity contribution < 1.29 is 9.47 Å². The molecule has 0 amide bonds. The molecule has 7 nitrogen and oxygen atoms in total. The number of anilines is 1. The summed E-state index contributed by atoms with van der Waals surface area (Å²) < 4.78 is 10.9. The van der Waals surface area contributed by atoms with Crippen LogP contribution >= 0.6 is 12.4 Å². The lowest BCUT2D eigenvalue weighted by Gasteiger charge is -2.10. The number of pyridine rings is 1. The van der Waals surface area contributed by atoms with E-state index < -0.39 is 0 Å². The summed E-state index contributed by atoms with van der Waals surface area (Å²) >= 11 is 0. The fraction of sp³-hybridized carbons (Fsp3) is 0.0714. The molecule has 0 bridgehead atoms. The van der Waals surface area contributed by atoms with Gasteiger partial charge in [0.15, 0.2) is 11.4 Å². The molecule has 1 aromatic carbocycles. The number of fused-ring (bicyclic) bond motifs is 1. The fourth-order valence-electron chi connectivity index (χ4n) is 1.89. The molecule has 114 valence electrons. The van der Waals surface area contributed by atoms with E-state index in [1.54, 1.807) is 24.3 Å². The lowest BCUT2D eigenvalue weighted by molar-refractivity contribution is 0.411. The van der Waals surface area contributed by atoms with Gasteiger partial charge in [-0.25, -0.2) is 9.97 Å². The van der Waals surface area contributed by atoms with Gasteiger partial charge in [-0.1, -0.05) is 0 Å². The number of hydrogen-bond acceptors (Lipinski definition) is 6. The standard InChI is InChI=1S/C14H12N4O3.ClH/c1-20-11-6-8(2-3-9(11)15)21-10-4-5-16-14-13(10)17-7-12(19)18-14;/h2-7H,15H2,1H3,(H,16,18,19);1H. The van der Waals surface area contributed by atoms with Crippen LogP contribution in [-0.2, 0) is 0 Å². The van der Waals surface area contributed by atoms with E-state index in [2.05, 4.69) is 15.0 Å². The lowest BCUT2D eigenvalue weighted by atomic mass is 10.3. The molecule has 0 aliphatic carbocycles. The minimum absolute atomic E-state index is 0. The lowest BCUT2D eigenvalue weighted by Crippen LogP contribution is -2.06. The van der Waals surface area contributed by atoms with E-state index in [-0.39, 0.29) is 18.0 Å². The second-order valence-corrected chi connectivity index (χ2v) is 4.26. The number of nitrogens with one attached hydrogen (secondary N) is 1.